The third kappa shape index (κ3) is 2.58. The number of hydrogen-bond donors (Lipinski definition) is 0. The summed E-state index contributed by atoms with van der Waals surface area (Å²) in [5.41, 5.74) is 0. The number of aryl methyl sites for hydroxylation is 1. The minimum atomic E-state index is 0.609. The van der Waals surface area contributed by atoms with Crippen LogP contribution in [0.25, 0.3) is 0 Å². The number of aromatic nitrogens is 3. The molecule has 1 aromatic heterocycles. The van der Waals surface area contributed by atoms with Crippen molar-refractivity contribution in [1.29, 1.82) is 0 Å². The first-order chi connectivity index (χ1) is 8.83. The molecule has 1 saturated carbocycles. The van der Waals surface area contributed by atoms with Gasteiger partial charge in [0.25, 0.3) is 0 Å². The highest BCUT2D eigenvalue weighted by atomic mass is 15.4. The fraction of sp³-hybridized carbons (Fsp3) is 0.857. The van der Waals surface area contributed by atoms with E-state index in [4.69, 9.17) is 0 Å². The van der Waals surface area contributed by atoms with Gasteiger partial charge >= 0.3 is 0 Å². The van der Waals surface area contributed by atoms with Crippen molar-refractivity contribution in [3.63, 3.8) is 0 Å². The second-order valence-electron chi connectivity index (χ2n) is 5.79. The Kier molecular flexibility index (Phi) is 3.64. The molecule has 0 unspecified atom stereocenters. The van der Waals surface area contributed by atoms with Crippen LogP contribution in [0, 0.1) is 6.92 Å². The Labute approximate surface area is 109 Å². The van der Waals surface area contributed by atoms with Crippen molar-refractivity contribution in [1.82, 2.24) is 19.7 Å². The van der Waals surface area contributed by atoms with Crippen LogP contribution in [0.2, 0.25) is 0 Å². The third-order valence-corrected chi connectivity index (χ3v) is 4.29. The van der Waals surface area contributed by atoms with Gasteiger partial charge in [-0.3, -0.25) is 4.90 Å². The van der Waals surface area contributed by atoms with Crippen molar-refractivity contribution in [2.24, 2.45) is 0 Å². The van der Waals surface area contributed by atoms with Crippen molar-refractivity contribution in [2.75, 3.05) is 13.1 Å². The van der Waals surface area contributed by atoms with Gasteiger partial charge in [-0.25, -0.2) is 9.67 Å². The van der Waals surface area contributed by atoms with Gasteiger partial charge in [0.2, 0.25) is 0 Å². The van der Waals surface area contributed by atoms with Crippen molar-refractivity contribution in [3.05, 3.63) is 11.6 Å². The van der Waals surface area contributed by atoms with Crippen LogP contribution in [-0.2, 0) is 6.54 Å². The molecule has 1 aromatic rings. The standard InChI is InChI=1S/C14H24N4/c1-12-15-14(11-17-9-5-6-10-17)18(16-12)13-7-3-2-4-8-13/h13H,2-11H2,1H3. The van der Waals surface area contributed by atoms with Crippen molar-refractivity contribution in [2.45, 2.75) is 64.5 Å². The topological polar surface area (TPSA) is 34.0 Å². The normalized spacial score (nSPS) is 22.7. The molecule has 4 heteroatoms. The summed E-state index contributed by atoms with van der Waals surface area (Å²) in [6.07, 6.45) is 9.36. The lowest BCUT2D eigenvalue weighted by atomic mass is 9.95. The van der Waals surface area contributed by atoms with E-state index in [0.29, 0.717) is 6.04 Å². The zero-order chi connectivity index (χ0) is 12.4. The van der Waals surface area contributed by atoms with Crippen LogP contribution in [0.4, 0.5) is 0 Å². The highest BCUT2D eigenvalue weighted by Crippen LogP contribution is 2.28. The molecule has 0 amide bonds. The Hall–Kier alpha value is -0.900. The molecule has 0 aromatic carbocycles. The molecule has 1 aliphatic heterocycles. The lowest BCUT2D eigenvalue weighted by Crippen LogP contribution is -2.24. The van der Waals surface area contributed by atoms with Gasteiger partial charge in [-0.15, -0.1) is 0 Å². The Balaban J connectivity index is 1.75. The van der Waals surface area contributed by atoms with E-state index in [-0.39, 0.29) is 0 Å². The highest BCUT2D eigenvalue weighted by molar-refractivity contribution is 4.95. The van der Waals surface area contributed by atoms with Crippen LogP contribution in [0.3, 0.4) is 0 Å². The first-order valence-electron chi connectivity index (χ1n) is 7.47. The number of rotatable bonds is 3. The second-order valence-corrected chi connectivity index (χ2v) is 5.79. The van der Waals surface area contributed by atoms with Crippen LogP contribution >= 0.6 is 0 Å². The van der Waals surface area contributed by atoms with E-state index < -0.39 is 0 Å². The monoisotopic (exact) mass is 248 g/mol. The van der Waals surface area contributed by atoms with Gasteiger partial charge in [0.15, 0.2) is 0 Å². The molecule has 0 spiro atoms. The molecule has 100 valence electrons. The molecule has 1 saturated heterocycles. The fourth-order valence-corrected chi connectivity index (χ4v) is 3.34. The Morgan fingerprint density at radius 2 is 1.78 bits per heavy atom. The van der Waals surface area contributed by atoms with Crippen LogP contribution in [0.1, 0.15) is 62.6 Å². The predicted octanol–water partition coefficient (Wildman–Crippen LogP) is 2.69. The summed E-state index contributed by atoms with van der Waals surface area (Å²) in [4.78, 5) is 7.18. The summed E-state index contributed by atoms with van der Waals surface area (Å²) < 4.78 is 2.24. The molecule has 0 N–H and O–H groups in total. The molecular formula is C14H24N4. The largest absolute Gasteiger partial charge is 0.296 e. The average Bonchev–Trinajstić information content (AvgIpc) is 3.01. The van der Waals surface area contributed by atoms with Gasteiger partial charge in [0, 0.05) is 0 Å². The summed E-state index contributed by atoms with van der Waals surface area (Å²) >= 11 is 0. The SMILES string of the molecule is Cc1nc(CN2CCCC2)n(C2CCCCC2)n1. The smallest absolute Gasteiger partial charge is 0.147 e. The lowest BCUT2D eigenvalue weighted by Gasteiger charge is -2.24. The third-order valence-electron chi connectivity index (χ3n) is 4.29. The maximum Gasteiger partial charge on any atom is 0.147 e. The molecule has 2 aliphatic rings. The zero-order valence-electron chi connectivity index (χ0n) is 11.4. The van der Waals surface area contributed by atoms with E-state index in [1.54, 1.807) is 0 Å². The number of nitrogens with zero attached hydrogens (tertiary/aromatic N) is 4. The first-order valence-corrected chi connectivity index (χ1v) is 7.47. The number of likely N-dealkylation sites (tertiary alicyclic amines) is 1. The summed E-state index contributed by atoms with van der Waals surface area (Å²) in [7, 11) is 0. The quantitative estimate of drug-likeness (QED) is 0.824. The van der Waals surface area contributed by atoms with E-state index in [1.807, 2.05) is 6.92 Å². The summed E-state index contributed by atoms with van der Waals surface area (Å²) in [5, 5.41) is 4.66. The Bertz CT molecular complexity index is 386. The fourth-order valence-electron chi connectivity index (χ4n) is 3.34. The van der Waals surface area contributed by atoms with Gasteiger partial charge in [0.1, 0.15) is 11.6 Å². The van der Waals surface area contributed by atoms with Gasteiger partial charge in [0.05, 0.1) is 12.6 Å². The predicted molar refractivity (Wildman–Crippen MR) is 71.4 cm³/mol. The number of hydrogen-bond acceptors (Lipinski definition) is 3. The van der Waals surface area contributed by atoms with Crippen molar-refractivity contribution < 1.29 is 0 Å². The zero-order valence-corrected chi connectivity index (χ0v) is 11.4. The van der Waals surface area contributed by atoms with Gasteiger partial charge in [-0.05, 0) is 45.7 Å². The van der Waals surface area contributed by atoms with Crippen LogP contribution in [0.15, 0.2) is 0 Å². The van der Waals surface area contributed by atoms with E-state index in [0.717, 1.165) is 12.4 Å². The second kappa shape index (κ2) is 5.39. The molecular weight excluding hydrogens is 224 g/mol. The van der Waals surface area contributed by atoms with Gasteiger partial charge in [-0.2, -0.15) is 5.10 Å². The molecule has 0 radical (unpaired) electrons. The molecule has 0 bridgehead atoms. The van der Waals surface area contributed by atoms with Crippen LogP contribution in [-0.4, -0.2) is 32.8 Å². The molecule has 2 fully saturated rings. The van der Waals surface area contributed by atoms with E-state index >= 15 is 0 Å². The maximum absolute atomic E-state index is 4.66. The summed E-state index contributed by atoms with van der Waals surface area (Å²) in [6.45, 7) is 5.48. The van der Waals surface area contributed by atoms with Crippen molar-refractivity contribution >= 4 is 0 Å². The van der Waals surface area contributed by atoms with Gasteiger partial charge < -0.3 is 0 Å². The molecule has 0 atom stereocenters. The summed E-state index contributed by atoms with van der Waals surface area (Å²) in [6, 6.07) is 0.609. The van der Waals surface area contributed by atoms with Crippen molar-refractivity contribution in [3.8, 4) is 0 Å². The van der Waals surface area contributed by atoms with E-state index in [9.17, 15) is 0 Å². The average molecular weight is 248 g/mol. The molecule has 1 aliphatic carbocycles. The maximum atomic E-state index is 4.66. The Morgan fingerprint density at radius 1 is 1.06 bits per heavy atom. The minimum Gasteiger partial charge on any atom is -0.296 e. The Morgan fingerprint density at radius 3 is 2.50 bits per heavy atom. The summed E-state index contributed by atoms with van der Waals surface area (Å²) in [5.74, 6) is 2.14. The van der Waals surface area contributed by atoms with Crippen LogP contribution in [0.5, 0.6) is 0 Å². The van der Waals surface area contributed by atoms with E-state index in [2.05, 4.69) is 19.7 Å². The lowest BCUT2D eigenvalue weighted by molar-refractivity contribution is 0.280. The minimum absolute atomic E-state index is 0.609. The van der Waals surface area contributed by atoms with Crippen LogP contribution < -0.4 is 0 Å². The van der Waals surface area contributed by atoms with Gasteiger partial charge in [-0.1, -0.05) is 19.3 Å². The molecule has 18 heavy (non-hydrogen) atoms. The highest BCUT2D eigenvalue weighted by Gasteiger charge is 2.22. The van der Waals surface area contributed by atoms with E-state index in [1.165, 1.54) is 63.9 Å². The first kappa shape index (κ1) is 12.2. The molecule has 4 nitrogen and oxygen atoms in total. The molecule has 3 rings (SSSR count). The molecule has 2 heterocycles.